The van der Waals surface area contributed by atoms with Crippen LogP contribution in [0, 0.1) is 21.3 Å². The van der Waals surface area contributed by atoms with Crippen molar-refractivity contribution in [1.82, 2.24) is 9.88 Å². The number of para-hydroxylation sites is 1. The van der Waals surface area contributed by atoms with E-state index in [0.29, 0.717) is 34.3 Å². The first kappa shape index (κ1) is 31.3. The number of hydrogen-bond donors (Lipinski definition) is 2. The maximum Gasteiger partial charge on any atom is 0.455 e. The summed E-state index contributed by atoms with van der Waals surface area (Å²) in [7, 11) is 1.99. The van der Waals surface area contributed by atoms with Crippen molar-refractivity contribution in [3.05, 3.63) is 92.8 Å². The normalized spacial score (nSPS) is 23.2. The fourth-order valence-electron chi connectivity index (χ4n) is 6.89. The molecule has 3 aromatic rings. The molecule has 2 amide bonds. The van der Waals surface area contributed by atoms with Crippen LogP contribution in [-0.2, 0) is 14.2 Å². The molecule has 0 radical (unpaired) electrons. The molecule has 11 heteroatoms. The third kappa shape index (κ3) is 6.38. The van der Waals surface area contributed by atoms with Gasteiger partial charge in [0, 0.05) is 13.2 Å². The largest absolute Gasteiger partial charge is 0.504 e. The number of phenolic OH excluding ortho intramolecular Hbond substituents is 1. The topological polar surface area (TPSA) is 118 Å². The molecule has 45 heavy (non-hydrogen) atoms. The highest BCUT2D eigenvalue weighted by atomic mass is 127. The molecular formula is C34H34BIN2O7. The number of likely N-dealkylation sites (tertiary alicyclic amines) is 1. The minimum atomic E-state index is -1.07. The Balaban J connectivity index is 1.36. The molecule has 3 heterocycles. The van der Waals surface area contributed by atoms with Gasteiger partial charge in [0.1, 0.15) is 12.4 Å². The van der Waals surface area contributed by atoms with Crippen LogP contribution in [0.3, 0.4) is 0 Å². The Morgan fingerprint density at radius 1 is 1.13 bits per heavy atom. The van der Waals surface area contributed by atoms with Crippen molar-refractivity contribution in [2.75, 3.05) is 20.8 Å². The Morgan fingerprint density at radius 3 is 2.64 bits per heavy atom. The van der Waals surface area contributed by atoms with E-state index in [4.69, 9.17) is 14.1 Å². The number of benzene rings is 2. The monoisotopic (exact) mass is 720 g/mol. The number of aromatic nitrogens is 1. The van der Waals surface area contributed by atoms with Crippen LogP contribution in [0.25, 0.3) is 11.6 Å². The van der Waals surface area contributed by atoms with Gasteiger partial charge in [-0.15, -0.1) is 0 Å². The standard InChI is InChI=1S/C34H34BIN2O7/c1-38-33(40)24-17-22(19-44-23-8-4-3-5-9-23)30-25(31(24)34(38)41)18-35(42)45-28(30)12-11-21(27-10-6-7-13-37-27)14-20-15-26(36)32(39)29(16-20)43-2/h3-10,13-16,24-25,28,31,39,42H,11-12,17-19H2,1-2H3/b21-14-/t24-,25+,28-,31-/m1/s1. The molecule has 2 aromatic carbocycles. The summed E-state index contributed by atoms with van der Waals surface area (Å²) < 4.78 is 18.4. The summed E-state index contributed by atoms with van der Waals surface area (Å²) in [5.41, 5.74) is 4.46. The number of rotatable bonds is 9. The Morgan fingerprint density at radius 2 is 1.91 bits per heavy atom. The quantitative estimate of drug-likeness (QED) is 0.134. The number of fused-ring (bicyclic) bond motifs is 3. The van der Waals surface area contributed by atoms with Crippen molar-refractivity contribution in [1.29, 1.82) is 0 Å². The highest BCUT2D eigenvalue weighted by molar-refractivity contribution is 14.1. The molecule has 1 aliphatic carbocycles. The van der Waals surface area contributed by atoms with Crippen LogP contribution < -0.4 is 9.47 Å². The van der Waals surface area contributed by atoms with E-state index in [0.717, 1.165) is 28.0 Å². The van der Waals surface area contributed by atoms with E-state index >= 15 is 0 Å². The number of hydrogen-bond acceptors (Lipinski definition) is 8. The van der Waals surface area contributed by atoms with Crippen LogP contribution >= 0.6 is 22.6 Å². The van der Waals surface area contributed by atoms with Gasteiger partial charge >= 0.3 is 7.12 Å². The lowest BCUT2D eigenvalue weighted by molar-refractivity contribution is -0.138. The van der Waals surface area contributed by atoms with E-state index < -0.39 is 25.1 Å². The number of methoxy groups -OCH3 is 1. The van der Waals surface area contributed by atoms with Gasteiger partial charge in [-0.1, -0.05) is 24.3 Å². The first-order valence-corrected chi connectivity index (χ1v) is 16.1. The minimum absolute atomic E-state index is 0.0867. The molecule has 1 aromatic heterocycles. The molecule has 2 N–H and O–H groups in total. The molecule has 2 aliphatic heterocycles. The van der Waals surface area contributed by atoms with Gasteiger partial charge in [-0.05, 0) is 119 Å². The molecule has 0 spiro atoms. The second-order valence-electron chi connectivity index (χ2n) is 11.6. The smallest absolute Gasteiger partial charge is 0.455 e. The molecule has 0 unspecified atom stereocenters. The van der Waals surface area contributed by atoms with Gasteiger partial charge in [-0.25, -0.2) is 0 Å². The summed E-state index contributed by atoms with van der Waals surface area (Å²) in [5.74, 6) is -0.555. The van der Waals surface area contributed by atoms with Crippen molar-refractivity contribution in [3.63, 3.8) is 0 Å². The predicted octanol–water partition coefficient (Wildman–Crippen LogP) is 5.23. The van der Waals surface area contributed by atoms with Crippen molar-refractivity contribution in [2.24, 2.45) is 17.8 Å². The molecular weight excluding hydrogens is 686 g/mol. The van der Waals surface area contributed by atoms with Gasteiger partial charge in [0.05, 0.1) is 34.3 Å². The number of amides is 2. The third-order valence-corrected chi connectivity index (χ3v) is 9.79. The number of carbonyl (C=O) groups is 2. The van der Waals surface area contributed by atoms with E-state index in [-0.39, 0.29) is 36.4 Å². The average Bonchev–Trinajstić information content (AvgIpc) is 3.27. The summed E-state index contributed by atoms with van der Waals surface area (Å²) in [6.07, 6.45) is 4.95. The van der Waals surface area contributed by atoms with Gasteiger partial charge in [0.2, 0.25) is 11.8 Å². The maximum absolute atomic E-state index is 13.3. The van der Waals surface area contributed by atoms with E-state index in [1.54, 1.807) is 19.3 Å². The van der Waals surface area contributed by atoms with Crippen LogP contribution in [0.2, 0.25) is 6.32 Å². The van der Waals surface area contributed by atoms with Gasteiger partial charge in [0.15, 0.2) is 11.5 Å². The summed E-state index contributed by atoms with van der Waals surface area (Å²) in [4.78, 5) is 32.3. The van der Waals surface area contributed by atoms with E-state index in [1.165, 1.54) is 12.0 Å². The van der Waals surface area contributed by atoms with Crippen LogP contribution in [-0.4, -0.2) is 65.8 Å². The molecule has 6 rings (SSSR count). The number of phenols is 1. The first-order valence-electron chi connectivity index (χ1n) is 15.0. The van der Waals surface area contributed by atoms with Gasteiger partial charge in [-0.3, -0.25) is 19.5 Å². The number of imide groups is 1. The molecule has 9 nitrogen and oxygen atoms in total. The van der Waals surface area contributed by atoms with Crippen LogP contribution in [0.5, 0.6) is 17.2 Å². The highest BCUT2D eigenvalue weighted by Gasteiger charge is 2.56. The summed E-state index contributed by atoms with van der Waals surface area (Å²) in [5, 5.41) is 21.3. The zero-order chi connectivity index (χ0) is 31.7. The second-order valence-corrected chi connectivity index (χ2v) is 12.8. The van der Waals surface area contributed by atoms with Crippen molar-refractivity contribution >= 4 is 53.2 Å². The van der Waals surface area contributed by atoms with Gasteiger partial charge < -0.3 is 24.3 Å². The lowest BCUT2D eigenvalue weighted by Crippen LogP contribution is -2.46. The number of pyridine rings is 1. The van der Waals surface area contributed by atoms with Crippen molar-refractivity contribution in [3.8, 4) is 17.2 Å². The second kappa shape index (κ2) is 13.4. The number of halogens is 1. The molecule has 2 saturated heterocycles. The van der Waals surface area contributed by atoms with E-state index in [9.17, 15) is 19.7 Å². The molecule has 3 aliphatic rings. The Kier molecular flexibility index (Phi) is 9.30. The lowest BCUT2D eigenvalue weighted by Gasteiger charge is -2.43. The van der Waals surface area contributed by atoms with E-state index in [1.807, 2.05) is 60.7 Å². The highest BCUT2D eigenvalue weighted by Crippen LogP contribution is 2.50. The van der Waals surface area contributed by atoms with Crippen LogP contribution in [0.15, 0.2) is 78.0 Å². The van der Waals surface area contributed by atoms with E-state index in [2.05, 4.69) is 27.6 Å². The molecule has 4 atom stereocenters. The van der Waals surface area contributed by atoms with Crippen LogP contribution in [0.1, 0.15) is 30.5 Å². The maximum atomic E-state index is 13.3. The molecule has 0 saturated carbocycles. The molecule has 2 fully saturated rings. The fourth-order valence-corrected chi connectivity index (χ4v) is 7.51. The zero-order valence-electron chi connectivity index (χ0n) is 25.1. The predicted molar refractivity (Wildman–Crippen MR) is 178 cm³/mol. The summed E-state index contributed by atoms with van der Waals surface area (Å²) >= 11 is 2.07. The molecule has 0 bridgehead atoms. The molecule has 232 valence electrons. The Labute approximate surface area is 276 Å². The zero-order valence-corrected chi connectivity index (χ0v) is 27.2. The third-order valence-electron chi connectivity index (χ3n) is 8.97. The summed E-state index contributed by atoms with van der Waals surface area (Å²) in [6, 6.07) is 18.9. The van der Waals surface area contributed by atoms with Gasteiger partial charge in [-0.2, -0.15) is 0 Å². The van der Waals surface area contributed by atoms with Crippen molar-refractivity contribution < 1.29 is 33.8 Å². The van der Waals surface area contributed by atoms with Crippen molar-refractivity contribution in [2.45, 2.75) is 31.7 Å². The number of carbonyl (C=O) groups excluding carboxylic acids is 2. The Hall–Kier alpha value is -3.68. The van der Waals surface area contributed by atoms with Gasteiger partial charge in [0.25, 0.3) is 0 Å². The number of nitrogens with zero attached hydrogens (tertiary/aromatic N) is 2. The Bertz CT molecular complexity index is 1650. The number of allylic oxidation sites excluding steroid dienone is 1. The summed E-state index contributed by atoms with van der Waals surface area (Å²) in [6.45, 7) is 0.259. The minimum Gasteiger partial charge on any atom is -0.504 e. The van der Waals surface area contributed by atoms with Crippen LogP contribution in [0.4, 0.5) is 0 Å². The number of ether oxygens (including phenoxy) is 2. The average molecular weight is 720 g/mol. The lowest BCUT2D eigenvalue weighted by atomic mass is 9.58. The first-order chi connectivity index (χ1) is 21.7. The fraction of sp³-hybridized carbons (Fsp3) is 0.324. The number of aromatic hydroxyl groups is 1. The SMILES string of the molecule is COc1cc(/C=C(/CC[C@H]2OB(O)C[C@H]3C2=C(COc2ccccc2)C[C@H]2C(=O)N(C)C(=O)[C@H]23)c2ccccn2)cc(I)c1O.